The number of aliphatic hydroxyl groups is 3. The van der Waals surface area contributed by atoms with E-state index in [2.05, 4.69) is 58.2 Å². The molecular formula is C69H100N4O11S2. The van der Waals surface area contributed by atoms with Gasteiger partial charge in [0.15, 0.2) is 11.5 Å². The summed E-state index contributed by atoms with van der Waals surface area (Å²) in [5, 5.41) is 73.1. The highest BCUT2D eigenvalue weighted by molar-refractivity contribution is 8.76. The van der Waals surface area contributed by atoms with Crippen molar-refractivity contribution < 1.29 is 54.1 Å². The lowest BCUT2D eigenvalue weighted by molar-refractivity contribution is -0.183. The molecule has 6 fully saturated rings. The van der Waals surface area contributed by atoms with Crippen molar-refractivity contribution in [2.45, 2.75) is 215 Å². The van der Waals surface area contributed by atoms with Crippen LogP contribution in [0.25, 0.3) is 0 Å². The summed E-state index contributed by atoms with van der Waals surface area (Å²) in [7, 11) is 5.31. The highest BCUT2D eigenvalue weighted by Crippen LogP contribution is 2.65. The van der Waals surface area contributed by atoms with Gasteiger partial charge in [-0.25, -0.2) is 4.79 Å². The average molecular weight is 1230 g/mol. The van der Waals surface area contributed by atoms with Crippen LogP contribution in [0.2, 0.25) is 0 Å². The summed E-state index contributed by atoms with van der Waals surface area (Å²) in [6.07, 6.45) is 13.1. The zero-order valence-electron chi connectivity index (χ0n) is 51.7. The maximum atomic E-state index is 15.9. The third-order valence-electron chi connectivity index (χ3n) is 23.5. The van der Waals surface area contributed by atoms with Gasteiger partial charge in [-0.2, -0.15) is 0 Å². The molecule has 2 aromatic carbocycles. The quantitative estimate of drug-likeness (QED) is 0.0547. The third kappa shape index (κ3) is 13.2. The summed E-state index contributed by atoms with van der Waals surface area (Å²) in [4.78, 5) is 43.5. The summed E-state index contributed by atoms with van der Waals surface area (Å²) in [6, 6.07) is 11.2. The fraction of sp³-hybridized carbons (Fsp3) is 0.754. The van der Waals surface area contributed by atoms with Crippen LogP contribution in [0.1, 0.15) is 196 Å². The van der Waals surface area contributed by atoms with Gasteiger partial charge in [-0.3, -0.25) is 9.59 Å². The van der Waals surface area contributed by atoms with Gasteiger partial charge < -0.3 is 61.0 Å². The van der Waals surface area contributed by atoms with E-state index in [1.54, 1.807) is 39.8 Å². The number of amides is 1. The van der Waals surface area contributed by atoms with Crippen molar-refractivity contribution in [3.05, 3.63) is 53.1 Å². The zero-order chi connectivity index (χ0) is 60.4. The predicted octanol–water partition coefficient (Wildman–Crippen LogP) is 9.76. The van der Waals surface area contributed by atoms with E-state index in [0.717, 1.165) is 88.3 Å². The Balaban J connectivity index is 0.999. The number of rotatable bonds is 12. The SMILES string of the molecule is CNCC[C@@]1(C)CC[C@@H](c2ccc(O)cc2)[C@H](CN[C@@H]2CSSC[C@@](C)(O)C[C@H]3CC#C[C@H]4C[C@H]5c6c(ccc(O)c6OC[C@@H]5C5(CO)CCCC5)[C@H]4C4(CCNCC4)[C@H](OC(=O)[C@@]45CCCC[C@@H]4CCC(=O)N5)C[C@H](OC(C)=O)[C@H]3CC[C@H]2O)C1. The zero-order valence-corrected chi connectivity index (χ0v) is 53.3. The maximum Gasteiger partial charge on any atom is 0.332 e. The summed E-state index contributed by atoms with van der Waals surface area (Å²) in [6.45, 7) is 9.07. The molecule has 2 aromatic rings. The van der Waals surface area contributed by atoms with E-state index in [4.69, 9.17) is 14.2 Å². The molecule has 3 saturated heterocycles. The molecule has 4 aliphatic heterocycles. The Bertz CT molecular complexity index is 2760. The molecule has 0 unspecified atom stereocenters. The number of phenolic OH excluding ortho intramolecular Hbond substituents is 2. The molecule has 3 saturated carbocycles. The highest BCUT2D eigenvalue weighted by atomic mass is 33.1. The number of nitrogens with one attached hydrogen (secondary N) is 4. The van der Waals surface area contributed by atoms with Gasteiger partial charge in [-0.05, 0) is 201 Å². The standard InChI is InChI=1S/C69H100N4O11S2/c1-43(75)83-58-35-59(84-64(80)69-26-6-5-12-48(69)15-22-60(79)73-69)68(29-32-71-33-30-68)62-45(34-53-54(67(41-74)24-7-8-25-67)39-82-63-57(78)21-19-52(62)61(53)63)10-9-11-46-37-66(3,81)42-86-85-40-55(56(77)20-18-51(46)58)72-38-47-36-65(2,28-31-70-4)27-23-50(47)44-13-16-49(76)17-14-44/h13-14,16-17,19,21,45-48,50-51,53-56,58-59,62,70-72,74,76-78,81H,5-8,11-12,15,18,20,22-42H2,1-4H3,(H,73,79)/t45-,46+,47-,48+,50-,51-,53+,54-,55+,56+,58-,59+,62-,65+,66-,69+/m0/s1. The summed E-state index contributed by atoms with van der Waals surface area (Å²) >= 11 is 0. The Morgan fingerprint density at radius 3 is 2.42 bits per heavy atom. The Labute approximate surface area is 519 Å². The number of phenols is 2. The normalized spacial score (nSPS) is 37.9. The van der Waals surface area contributed by atoms with Crippen molar-refractivity contribution in [1.82, 2.24) is 21.3 Å². The molecule has 0 aromatic heterocycles. The average Bonchev–Trinajstić information content (AvgIpc) is 0.998. The molecule has 0 bridgehead atoms. The van der Waals surface area contributed by atoms with Crippen LogP contribution in [0.15, 0.2) is 36.4 Å². The first-order valence-electron chi connectivity index (χ1n) is 33.2. The molecule has 11 rings (SSSR count). The number of carbonyl (C=O) groups is 3. The van der Waals surface area contributed by atoms with Crippen LogP contribution < -0.4 is 26.0 Å². The van der Waals surface area contributed by atoms with Gasteiger partial charge >= 0.3 is 11.9 Å². The molecule has 474 valence electrons. The summed E-state index contributed by atoms with van der Waals surface area (Å²) in [5.41, 5.74) is -0.162. The molecule has 0 radical (unpaired) electrons. The first kappa shape index (κ1) is 63.8. The summed E-state index contributed by atoms with van der Waals surface area (Å²) < 4.78 is 20.9. The first-order chi connectivity index (χ1) is 41.4. The van der Waals surface area contributed by atoms with Crippen LogP contribution in [0.5, 0.6) is 17.2 Å². The van der Waals surface area contributed by atoms with Gasteiger partial charge in [0, 0.05) is 90.4 Å². The Kier molecular flexibility index (Phi) is 20.0. The molecule has 17 heteroatoms. The maximum absolute atomic E-state index is 15.9. The van der Waals surface area contributed by atoms with Crippen LogP contribution in [0, 0.1) is 63.6 Å². The number of aromatic hydroxyl groups is 2. The van der Waals surface area contributed by atoms with Gasteiger partial charge in [0.1, 0.15) is 23.5 Å². The van der Waals surface area contributed by atoms with Crippen molar-refractivity contribution in [3.63, 3.8) is 0 Å². The number of esters is 2. The number of fused-ring (bicyclic) bond motifs is 5. The number of ether oxygens (including phenoxy) is 3. The smallest absolute Gasteiger partial charge is 0.332 e. The van der Waals surface area contributed by atoms with Gasteiger partial charge in [0.2, 0.25) is 5.91 Å². The number of hydrogen-bond acceptors (Lipinski definition) is 16. The van der Waals surface area contributed by atoms with Crippen molar-refractivity contribution >= 4 is 39.4 Å². The number of hydrogen-bond donors (Lipinski definition) is 9. The number of piperidine rings is 2. The fourth-order valence-corrected chi connectivity index (χ4v) is 21.8. The largest absolute Gasteiger partial charge is 0.508 e. The van der Waals surface area contributed by atoms with Crippen molar-refractivity contribution in [1.29, 1.82) is 0 Å². The van der Waals surface area contributed by atoms with E-state index in [9.17, 15) is 35.1 Å². The molecule has 16 atom stereocenters. The first-order valence-corrected chi connectivity index (χ1v) is 35.7. The lowest BCUT2D eigenvalue weighted by atomic mass is 9.51. The number of carbonyl (C=O) groups excluding carboxylic acids is 3. The van der Waals surface area contributed by atoms with Gasteiger partial charge in [-0.15, -0.1) is 5.92 Å². The molecular weight excluding hydrogens is 1120 g/mol. The lowest BCUT2D eigenvalue weighted by Gasteiger charge is -2.56. The Morgan fingerprint density at radius 1 is 0.884 bits per heavy atom. The minimum Gasteiger partial charge on any atom is -0.508 e. The molecule has 15 nitrogen and oxygen atoms in total. The Hall–Kier alpha value is -3.73. The van der Waals surface area contributed by atoms with E-state index in [0.29, 0.717) is 108 Å². The van der Waals surface area contributed by atoms with E-state index in [-0.39, 0.29) is 94.6 Å². The van der Waals surface area contributed by atoms with Crippen LogP contribution >= 0.6 is 21.6 Å². The van der Waals surface area contributed by atoms with E-state index in [1.807, 2.05) is 14.0 Å². The second kappa shape index (κ2) is 27.0. The third-order valence-corrected chi connectivity index (χ3v) is 26.1. The van der Waals surface area contributed by atoms with Crippen molar-refractivity contribution in [2.24, 2.45) is 51.8 Å². The second-order valence-electron chi connectivity index (χ2n) is 29.0. The number of aliphatic hydroxyl groups excluding tert-OH is 2. The van der Waals surface area contributed by atoms with Gasteiger partial charge in [-0.1, -0.05) is 78.3 Å². The fourth-order valence-electron chi connectivity index (χ4n) is 19.0. The topological polar surface area (TPSA) is 228 Å². The molecule has 1 spiro atoms. The van der Waals surface area contributed by atoms with Crippen molar-refractivity contribution in [2.75, 3.05) is 57.9 Å². The molecule has 1 amide bonds. The summed E-state index contributed by atoms with van der Waals surface area (Å²) in [5.74, 6) is 7.62. The van der Waals surface area contributed by atoms with Crippen molar-refractivity contribution in [3.8, 4) is 29.1 Å². The highest BCUT2D eigenvalue weighted by Gasteiger charge is 2.61. The van der Waals surface area contributed by atoms with Crippen LogP contribution in [-0.4, -0.2) is 137 Å². The minimum atomic E-state index is -1.20. The number of benzene rings is 2. The van der Waals surface area contributed by atoms with Crippen LogP contribution in [0.4, 0.5) is 0 Å². The van der Waals surface area contributed by atoms with E-state index < -0.39 is 52.7 Å². The van der Waals surface area contributed by atoms with Crippen LogP contribution in [0.3, 0.4) is 0 Å². The molecule has 9 N–H and O–H groups in total. The van der Waals surface area contributed by atoms with E-state index >= 15 is 4.79 Å². The monoisotopic (exact) mass is 1220 g/mol. The minimum absolute atomic E-state index is 0.0232. The molecule has 9 aliphatic rings. The van der Waals surface area contributed by atoms with Crippen LogP contribution in [-0.2, 0) is 23.9 Å². The van der Waals surface area contributed by atoms with Gasteiger partial charge in [0.25, 0.3) is 0 Å². The second-order valence-corrected chi connectivity index (χ2v) is 31.5. The molecule has 4 heterocycles. The van der Waals surface area contributed by atoms with E-state index in [1.165, 1.54) is 12.5 Å². The van der Waals surface area contributed by atoms with Gasteiger partial charge in [0.05, 0.1) is 18.3 Å². The molecule has 86 heavy (non-hydrogen) atoms. The lowest BCUT2D eigenvalue weighted by Crippen LogP contribution is -2.65. The molecule has 5 aliphatic carbocycles. The predicted molar refractivity (Wildman–Crippen MR) is 337 cm³/mol. The Morgan fingerprint density at radius 2 is 1.66 bits per heavy atom.